The molecule has 1 aromatic heterocycles. The topological polar surface area (TPSA) is 48.1 Å². The molecule has 6 heteroatoms. The summed E-state index contributed by atoms with van der Waals surface area (Å²) in [5.41, 5.74) is 2.49. The van der Waals surface area contributed by atoms with Crippen molar-refractivity contribution in [3.05, 3.63) is 65.4 Å². The molecule has 27 heavy (non-hydrogen) atoms. The fourth-order valence-electron chi connectivity index (χ4n) is 3.70. The molecule has 1 aliphatic rings. The summed E-state index contributed by atoms with van der Waals surface area (Å²) in [5.74, 6) is -1.91. The Morgan fingerprint density at radius 2 is 1.78 bits per heavy atom. The van der Waals surface area contributed by atoms with Crippen LogP contribution in [0.3, 0.4) is 0 Å². The molecule has 2 heterocycles. The summed E-state index contributed by atoms with van der Waals surface area (Å²) in [6.07, 6.45) is 2.48. The highest BCUT2D eigenvalue weighted by molar-refractivity contribution is 6.06. The van der Waals surface area contributed by atoms with Gasteiger partial charge in [-0.1, -0.05) is 6.07 Å². The lowest BCUT2D eigenvalue weighted by molar-refractivity contribution is 0.102. The molecule has 0 aliphatic carbocycles. The van der Waals surface area contributed by atoms with Crippen LogP contribution in [-0.4, -0.2) is 28.9 Å². The number of anilines is 1. The number of fused-ring (bicyclic) bond motifs is 1. The van der Waals surface area contributed by atoms with E-state index in [-0.39, 0.29) is 5.69 Å². The monoisotopic (exact) mass is 369 g/mol. The number of halogens is 2. The van der Waals surface area contributed by atoms with E-state index in [4.69, 9.17) is 0 Å². The predicted molar refractivity (Wildman–Crippen MR) is 102 cm³/mol. The van der Waals surface area contributed by atoms with Crippen LogP contribution in [0, 0.1) is 11.6 Å². The van der Waals surface area contributed by atoms with Gasteiger partial charge in [0, 0.05) is 28.7 Å². The molecule has 0 radical (unpaired) electrons. The summed E-state index contributed by atoms with van der Waals surface area (Å²) in [7, 11) is 0. The van der Waals surface area contributed by atoms with Crippen molar-refractivity contribution in [2.45, 2.75) is 25.8 Å². The molecule has 0 bridgehead atoms. The highest BCUT2D eigenvalue weighted by atomic mass is 19.1. The lowest BCUT2D eigenvalue weighted by atomic mass is 10.1. The first kappa shape index (κ1) is 17.7. The third-order valence-electron chi connectivity index (χ3n) is 5.18. The number of aromatic nitrogens is 1. The smallest absolute Gasteiger partial charge is 0.272 e. The molecule has 3 aromatic rings. The van der Waals surface area contributed by atoms with Gasteiger partial charge < -0.3 is 10.3 Å². The van der Waals surface area contributed by atoms with Gasteiger partial charge in [0.1, 0.15) is 17.3 Å². The van der Waals surface area contributed by atoms with Gasteiger partial charge in [0.05, 0.1) is 0 Å². The van der Waals surface area contributed by atoms with E-state index in [0.29, 0.717) is 11.7 Å². The Morgan fingerprint density at radius 1 is 1.07 bits per heavy atom. The normalized spacial score (nSPS) is 16.0. The third kappa shape index (κ3) is 3.71. The highest BCUT2D eigenvalue weighted by Gasteiger charge is 2.20. The van der Waals surface area contributed by atoms with Crippen LogP contribution in [0.5, 0.6) is 0 Å². The van der Waals surface area contributed by atoms with Gasteiger partial charge >= 0.3 is 0 Å². The van der Waals surface area contributed by atoms with Crippen LogP contribution < -0.4 is 5.32 Å². The SMILES string of the molecule is CC(c1ccc2[nH]c(C(=O)Nc3cc(F)cc(F)c3)cc2c1)N1CCCC1. The molecule has 0 saturated carbocycles. The number of hydrogen-bond acceptors (Lipinski definition) is 2. The molecule has 0 spiro atoms. The van der Waals surface area contributed by atoms with Crippen LogP contribution in [0.4, 0.5) is 14.5 Å². The van der Waals surface area contributed by atoms with E-state index in [9.17, 15) is 13.6 Å². The number of hydrogen-bond donors (Lipinski definition) is 2. The molecule has 2 N–H and O–H groups in total. The molecule has 1 saturated heterocycles. The van der Waals surface area contributed by atoms with Gasteiger partial charge in [0.25, 0.3) is 5.91 Å². The molecule has 1 atom stereocenters. The predicted octanol–water partition coefficient (Wildman–Crippen LogP) is 4.86. The standard InChI is InChI=1S/C21H21F2N3O/c1-13(26-6-2-3-7-26)14-4-5-19-15(8-14)9-20(25-19)21(27)24-18-11-16(22)10-17(23)12-18/h4-5,8-13,25H,2-3,6-7H2,1H3,(H,24,27). The van der Waals surface area contributed by atoms with Gasteiger partial charge in [-0.3, -0.25) is 9.69 Å². The molecule has 1 fully saturated rings. The number of nitrogens with one attached hydrogen (secondary N) is 2. The fraction of sp³-hybridized carbons (Fsp3) is 0.286. The second-order valence-corrected chi connectivity index (χ2v) is 7.06. The zero-order valence-electron chi connectivity index (χ0n) is 15.1. The number of likely N-dealkylation sites (tertiary alicyclic amines) is 1. The molecule has 1 unspecified atom stereocenters. The van der Waals surface area contributed by atoms with Gasteiger partial charge in [0.2, 0.25) is 0 Å². The summed E-state index contributed by atoms with van der Waals surface area (Å²) in [6.45, 7) is 4.43. The van der Waals surface area contributed by atoms with Crippen LogP contribution in [0.1, 0.15) is 41.9 Å². The molecule has 2 aromatic carbocycles. The molecule has 1 aliphatic heterocycles. The number of benzene rings is 2. The van der Waals surface area contributed by atoms with Crippen molar-refractivity contribution in [1.82, 2.24) is 9.88 Å². The molecule has 4 nitrogen and oxygen atoms in total. The minimum atomic E-state index is -0.734. The molecule has 1 amide bonds. The van der Waals surface area contributed by atoms with Crippen molar-refractivity contribution in [3.63, 3.8) is 0 Å². The first-order chi connectivity index (χ1) is 13.0. The lowest BCUT2D eigenvalue weighted by Crippen LogP contribution is -2.23. The molecular formula is C21H21F2N3O. The first-order valence-corrected chi connectivity index (χ1v) is 9.14. The second kappa shape index (κ2) is 7.12. The summed E-state index contributed by atoms with van der Waals surface area (Å²) in [5, 5.41) is 3.46. The van der Waals surface area contributed by atoms with E-state index >= 15 is 0 Å². The highest BCUT2D eigenvalue weighted by Crippen LogP contribution is 2.27. The maximum Gasteiger partial charge on any atom is 0.272 e. The maximum atomic E-state index is 13.3. The fourth-order valence-corrected chi connectivity index (χ4v) is 3.70. The summed E-state index contributed by atoms with van der Waals surface area (Å²) < 4.78 is 26.6. The van der Waals surface area contributed by atoms with Crippen LogP contribution >= 0.6 is 0 Å². The molecule has 140 valence electrons. The number of aromatic amines is 1. The van der Waals surface area contributed by atoms with E-state index in [1.54, 1.807) is 6.07 Å². The van der Waals surface area contributed by atoms with Gasteiger partial charge in [-0.15, -0.1) is 0 Å². The van der Waals surface area contributed by atoms with Crippen molar-refractivity contribution in [2.75, 3.05) is 18.4 Å². The molecule has 4 rings (SSSR count). The van der Waals surface area contributed by atoms with Crippen LogP contribution in [0.25, 0.3) is 10.9 Å². The number of carbonyl (C=O) groups is 1. The average Bonchev–Trinajstić information content (AvgIpc) is 3.29. The minimum absolute atomic E-state index is 0.0829. The Morgan fingerprint density at radius 3 is 2.48 bits per heavy atom. The van der Waals surface area contributed by atoms with Crippen LogP contribution in [-0.2, 0) is 0 Å². The van der Waals surface area contributed by atoms with E-state index in [0.717, 1.165) is 42.2 Å². The zero-order valence-corrected chi connectivity index (χ0v) is 15.1. The third-order valence-corrected chi connectivity index (χ3v) is 5.18. The average molecular weight is 369 g/mol. The summed E-state index contributed by atoms with van der Waals surface area (Å²) in [6, 6.07) is 11.2. The van der Waals surface area contributed by atoms with Gasteiger partial charge in [-0.05, 0) is 68.8 Å². The van der Waals surface area contributed by atoms with Crippen molar-refractivity contribution in [1.29, 1.82) is 0 Å². The number of amides is 1. The van der Waals surface area contributed by atoms with Crippen molar-refractivity contribution in [3.8, 4) is 0 Å². The zero-order chi connectivity index (χ0) is 19.0. The van der Waals surface area contributed by atoms with Crippen molar-refractivity contribution < 1.29 is 13.6 Å². The van der Waals surface area contributed by atoms with Gasteiger partial charge in [0.15, 0.2) is 0 Å². The Kier molecular flexibility index (Phi) is 4.66. The Bertz CT molecular complexity index is 972. The lowest BCUT2D eigenvalue weighted by Gasteiger charge is -2.24. The number of rotatable bonds is 4. The van der Waals surface area contributed by atoms with Crippen LogP contribution in [0.2, 0.25) is 0 Å². The Balaban J connectivity index is 1.56. The Labute approximate surface area is 156 Å². The maximum absolute atomic E-state index is 13.3. The Hall–Kier alpha value is -2.73. The minimum Gasteiger partial charge on any atom is -0.351 e. The van der Waals surface area contributed by atoms with E-state index in [1.165, 1.54) is 18.4 Å². The second-order valence-electron chi connectivity index (χ2n) is 7.06. The van der Waals surface area contributed by atoms with Crippen LogP contribution in [0.15, 0.2) is 42.5 Å². The van der Waals surface area contributed by atoms with Crippen molar-refractivity contribution >= 4 is 22.5 Å². The summed E-state index contributed by atoms with van der Waals surface area (Å²) in [4.78, 5) is 18.0. The first-order valence-electron chi connectivity index (χ1n) is 9.14. The quantitative estimate of drug-likeness (QED) is 0.690. The van der Waals surface area contributed by atoms with Gasteiger partial charge in [-0.25, -0.2) is 8.78 Å². The molecular weight excluding hydrogens is 348 g/mol. The summed E-state index contributed by atoms with van der Waals surface area (Å²) >= 11 is 0. The largest absolute Gasteiger partial charge is 0.351 e. The van der Waals surface area contributed by atoms with Gasteiger partial charge in [-0.2, -0.15) is 0 Å². The number of H-pyrrole nitrogens is 1. The van der Waals surface area contributed by atoms with E-state index in [2.05, 4.69) is 34.3 Å². The van der Waals surface area contributed by atoms with E-state index < -0.39 is 17.5 Å². The number of nitrogens with zero attached hydrogens (tertiary/aromatic N) is 1. The van der Waals surface area contributed by atoms with Crippen molar-refractivity contribution in [2.24, 2.45) is 0 Å². The number of carbonyl (C=O) groups excluding carboxylic acids is 1. The van der Waals surface area contributed by atoms with E-state index in [1.807, 2.05) is 6.07 Å².